The Morgan fingerprint density at radius 1 is 1.22 bits per heavy atom. The molecular weight excluding hydrogens is 410 g/mol. The average molecular weight is 446 g/mol. The Bertz CT molecular complexity index is 897. The van der Waals surface area contributed by atoms with E-state index in [4.69, 9.17) is 24.4 Å². The third-order valence-corrected chi connectivity index (χ3v) is 5.95. The van der Waals surface area contributed by atoms with Gasteiger partial charge in [0.25, 0.3) is 6.47 Å². The van der Waals surface area contributed by atoms with Gasteiger partial charge in [0.2, 0.25) is 0 Å². The fourth-order valence-corrected chi connectivity index (χ4v) is 4.47. The zero-order chi connectivity index (χ0) is 22.9. The monoisotopic (exact) mass is 445 g/mol. The Kier molecular flexibility index (Phi) is 8.93. The highest BCUT2D eigenvalue weighted by Crippen LogP contribution is 2.39. The van der Waals surface area contributed by atoms with Crippen LogP contribution >= 0.6 is 0 Å². The summed E-state index contributed by atoms with van der Waals surface area (Å²) in [5, 5.41) is 21.1. The van der Waals surface area contributed by atoms with Crippen molar-refractivity contribution < 1.29 is 24.5 Å². The van der Waals surface area contributed by atoms with Crippen molar-refractivity contribution in [2.75, 3.05) is 45.2 Å². The molecule has 0 spiro atoms. The van der Waals surface area contributed by atoms with E-state index in [1.165, 1.54) is 31.5 Å². The largest absolute Gasteiger partial charge is 0.493 e. The highest BCUT2D eigenvalue weighted by molar-refractivity contribution is 5.96. The van der Waals surface area contributed by atoms with Gasteiger partial charge in [-0.15, -0.1) is 0 Å². The number of likely N-dealkylation sites (tertiary alicyclic amines) is 1. The summed E-state index contributed by atoms with van der Waals surface area (Å²) in [6.45, 7) is 6.27. The molecule has 8 nitrogen and oxygen atoms in total. The van der Waals surface area contributed by atoms with E-state index in [1.54, 1.807) is 14.0 Å². The number of fused-ring (bicyclic) bond motifs is 2. The minimum atomic E-state index is -0.407. The van der Waals surface area contributed by atoms with Gasteiger partial charge < -0.3 is 29.9 Å². The van der Waals surface area contributed by atoms with E-state index in [-0.39, 0.29) is 6.47 Å². The van der Waals surface area contributed by atoms with Crippen molar-refractivity contribution in [2.45, 2.75) is 51.6 Å². The third kappa shape index (κ3) is 6.01. The Morgan fingerprint density at radius 2 is 1.97 bits per heavy atom. The van der Waals surface area contributed by atoms with Crippen LogP contribution in [-0.4, -0.2) is 72.6 Å². The third-order valence-electron chi connectivity index (χ3n) is 5.95. The number of methoxy groups -OCH3 is 1. The number of aliphatic hydroxyl groups is 1. The highest BCUT2D eigenvalue weighted by Gasteiger charge is 2.21. The van der Waals surface area contributed by atoms with Crippen molar-refractivity contribution in [1.82, 2.24) is 9.88 Å². The fourth-order valence-electron chi connectivity index (χ4n) is 4.47. The molecule has 1 aromatic carbocycles. The zero-order valence-corrected chi connectivity index (χ0v) is 19.1. The maximum absolute atomic E-state index is 9.75. The van der Waals surface area contributed by atoms with E-state index in [1.807, 2.05) is 12.1 Å². The molecule has 1 saturated heterocycles. The first-order valence-corrected chi connectivity index (χ1v) is 11.5. The Morgan fingerprint density at radius 3 is 2.66 bits per heavy atom. The number of aromatic nitrogens is 1. The fraction of sp³-hybridized carbons (Fsp3) is 0.583. The maximum Gasteiger partial charge on any atom is 0.290 e. The van der Waals surface area contributed by atoms with Crippen molar-refractivity contribution in [1.29, 1.82) is 0 Å². The van der Waals surface area contributed by atoms with Gasteiger partial charge in [0, 0.05) is 35.9 Å². The van der Waals surface area contributed by atoms with Crippen molar-refractivity contribution in [2.24, 2.45) is 0 Å². The number of aliphatic hydroxyl groups excluding tert-OH is 1. The molecule has 1 aliphatic heterocycles. The lowest BCUT2D eigenvalue weighted by Gasteiger charge is -2.18. The van der Waals surface area contributed by atoms with Crippen LogP contribution in [0.25, 0.3) is 10.9 Å². The molecule has 1 aliphatic carbocycles. The minimum absolute atomic E-state index is 0.250. The van der Waals surface area contributed by atoms with Gasteiger partial charge >= 0.3 is 0 Å². The normalized spacial score (nSPS) is 16.2. The number of ether oxygens (including phenoxy) is 2. The molecule has 32 heavy (non-hydrogen) atoms. The van der Waals surface area contributed by atoms with Crippen LogP contribution in [0.1, 0.15) is 43.9 Å². The lowest BCUT2D eigenvalue weighted by atomic mass is 10.1. The molecule has 0 saturated carbocycles. The molecule has 2 aromatic rings. The summed E-state index contributed by atoms with van der Waals surface area (Å²) in [6, 6.07) is 4.04. The van der Waals surface area contributed by atoms with Gasteiger partial charge in [0.05, 0.1) is 25.3 Å². The van der Waals surface area contributed by atoms with E-state index < -0.39 is 6.10 Å². The molecule has 0 amide bonds. The molecule has 2 aliphatic rings. The van der Waals surface area contributed by atoms with Gasteiger partial charge in [0.1, 0.15) is 0 Å². The lowest BCUT2D eigenvalue weighted by Crippen LogP contribution is -2.21. The van der Waals surface area contributed by atoms with Gasteiger partial charge in [-0.2, -0.15) is 0 Å². The van der Waals surface area contributed by atoms with E-state index in [0.29, 0.717) is 13.2 Å². The minimum Gasteiger partial charge on any atom is -0.493 e. The summed E-state index contributed by atoms with van der Waals surface area (Å²) in [6.07, 6.45) is 6.40. The van der Waals surface area contributed by atoms with Crippen LogP contribution in [0.4, 0.5) is 5.69 Å². The molecule has 3 N–H and O–H groups in total. The van der Waals surface area contributed by atoms with Gasteiger partial charge in [-0.3, -0.25) is 9.78 Å². The molecule has 0 bridgehead atoms. The summed E-state index contributed by atoms with van der Waals surface area (Å²) in [5.41, 5.74) is 4.45. The van der Waals surface area contributed by atoms with Crippen LogP contribution in [-0.2, 0) is 17.6 Å². The van der Waals surface area contributed by atoms with E-state index >= 15 is 0 Å². The first kappa shape index (κ1) is 24.1. The number of hydrogen-bond donors (Lipinski definition) is 3. The van der Waals surface area contributed by atoms with Crippen molar-refractivity contribution in [3.63, 3.8) is 0 Å². The van der Waals surface area contributed by atoms with Crippen LogP contribution in [0.15, 0.2) is 12.1 Å². The molecule has 1 atom stereocenters. The standard InChI is InChI=1S/C23H33N3O3.CH2O2/c1-16(27)15-24-23-17-7-5-8-19(17)25-20-14-22(21(28-2)13-18(20)23)29-12-6-11-26-9-3-4-10-26;2-1-3/h13-14,16,27H,3-12,15H2,1-2H3,(H,24,25);1H,(H,2,3). The first-order chi connectivity index (χ1) is 15.6. The van der Waals surface area contributed by atoms with Crippen molar-refractivity contribution >= 4 is 23.1 Å². The van der Waals surface area contributed by atoms with Gasteiger partial charge in [-0.05, 0) is 70.2 Å². The number of hydrogen-bond acceptors (Lipinski definition) is 7. The topological polar surface area (TPSA) is 104 Å². The van der Waals surface area contributed by atoms with Crippen LogP contribution < -0.4 is 14.8 Å². The quantitative estimate of drug-likeness (QED) is 0.400. The molecular formula is C24H35N3O5. The number of aryl methyl sites for hydroxylation is 1. The zero-order valence-electron chi connectivity index (χ0n) is 19.1. The average Bonchev–Trinajstić information content (AvgIpc) is 3.46. The first-order valence-electron chi connectivity index (χ1n) is 11.5. The highest BCUT2D eigenvalue weighted by atomic mass is 16.5. The summed E-state index contributed by atoms with van der Waals surface area (Å²) in [5.74, 6) is 1.49. The summed E-state index contributed by atoms with van der Waals surface area (Å²) < 4.78 is 11.7. The van der Waals surface area contributed by atoms with E-state index in [0.717, 1.165) is 66.0 Å². The molecule has 176 valence electrons. The smallest absolute Gasteiger partial charge is 0.290 e. The SMILES string of the molecule is COc1cc2c(NCC(C)O)c3c(nc2cc1OCCCN1CCCC1)CCC3.O=CO. The van der Waals surface area contributed by atoms with E-state index in [9.17, 15) is 5.11 Å². The van der Waals surface area contributed by atoms with Crippen molar-refractivity contribution in [3.05, 3.63) is 23.4 Å². The number of pyridine rings is 1. The maximum atomic E-state index is 9.75. The van der Waals surface area contributed by atoms with Gasteiger partial charge in [0.15, 0.2) is 11.5 Å². The molecule has 2 heterocycles. The van der Waals surface area contributed by atoms with Crippen LogP contribution in [0.2, 0.25) is 0 Å². The number of benzene rings is 1. The van der Waals surface area contributed by atoms with Crippen LogP contribution in [0.5, 0.6) is 11.5 Å². The van der Waals surface area contributed by atoms with E-state index in [2.05, 4.69) is 10.2 Å². The number of carbonyl (C=O) groups is 1. The molecule has 4 rings (SSSR count). The van der Waals surface area contributed by atoms with Gasteiger partial charge in [-0.25, -0.2) is 0 Å². The Labute approximate surface area is 189 Å². The van der Waals surface area contributed by atoms with Gasteiger partial charge in [-0.1, -0.05) is 0 Å². The Hall–Kier alpha value is -2.58. The number of nitrogens with zero attached hydrogens (tertiary/aromatic N) is 2. The molecule has 1 unspecified atom stereocenters. The molecule has 1 aromatic heterocycles. The second-order valence-corrected chi connectivity index (χ2v) is 8.37. The second kappa shape index (κ2) is 11.9. The predicted molar refractivity (Wildman–Crippen MR) is 125 cm³/mol. The second-order valence-electron chi connectivity index (χ2n) is 8.37. The number of anilines is 1. The molecule has 8 heteroatoms. The number of nitrogens with one attached hydrogen (secondary N) is 1. The summed E-state index contributed by atoms with van der Waals surface area (Å²) in [4.78, 5) is 15.8. The predicted octanol–water partition coefficient (Wildman–Crippen LogP) is 3.09. The lowest BCUT2D eigenvalue weighted by molar-refractivity contribution is -0.122. The Balaban J connectivity index is 0.000000913. The van der Waals surface area contributed by atoms with Crippen LogP contribution in [0, 0.1) is 0 Å². The number of rotatable bonds is 9. The molecule has 0 radical (unpaired) electrons. The number of carboxylic acid groups (broad SMARTS) is 1. The van der Waals surface area contributed by atoms with Crippen LogP contribution in [0.3, 0.4) is 0 Å². The summed E-state index contributed by atoms with van der Waals surface area (Å²) in [7, 11) is 1.68. The van der Waals surface area contributed by atoms with Crippen molar-refractivity contribution in [3.8, 4) is 11.5 Å². The summed E-state index contributed by atoms with van der Waals surface area (Å²) >= 11 is 0. The molecule has 1 fully saturated rings.